The fourth-order valence-corrected chi connectivity index (χ4v) is 11.8. The maximum absolute atomic E-state index is 14.5. The Labute approximate surface area is 489 Å². The van der Waals surface area contributed by atoms with Crippen molar-refractivity contribution in [3.8, 4) is 34.2 Å². The van der Waals surface area contributed by atoms with E-state index in [0.717, 1.165) is 33.4 Å². The van der Waals surface area contributed by atoms with Crippen molar-refractivity contribution < 1.29 is 74.1 Å². The van der Waals surface area contributed by atoms with Crippen molar-refractivity contribution in [2.24, 2.45) is 0 Å². The van der Waals surface area contributed by atoms with E-state index in [0.29, 0.717) is 55.8 Å². The highest BCUT2D eigenvalue weighted by Gasteiger charge is 2.48. The molecule has 4 aromatic heterocycles. The van der Waals surface area contributed by atoms with E-state index < -0.39 is 99.3 Å². The smallest absolute Gasteiger partial charge is 0.480 e. The molecule has 1 aliphatic heterocycles. The molecule has 5 heterocycles. The van der Waals surface area contributed by atoms with Crippen LogP contribution >= 0.6 is 21.6 Å². The fourth-order valence-electron chi connectivity index (χ4n) is 8.70. The number of aromatic nitrogens is 4. The van der Waals surface area contributed by atoms with Crippen molar-refractivity contribution in [1.29, 1.82) is 5.26 Å². The van der Waals surface area contributed by atoms with E-state index in [9.17, 15) is 65.1 Å². The minimum atomic E-state index is -4.53. The van der Waals surface area contributed by atoms with Gasteiger partial charge in [0.25, 0.3) is 21.9 Å². The lowest BCUT2D eigenvalue weighted by molar-refractivity contribution is -0.141. The molecule has 85 heavy (non-hydrogen) atoms. The van der Waals surface area contributed by atoms with E-state index >= 15 is 0 Å². The summed E-state index contributed by atoms with van der Waals surface area (Å²) in [5.74, 6) is -9.35. The number of carbonyl (C=O) groups is 6. The number of halogens is 4. The molecule has 1 aliphatic rings. The third-order valence-corrected chi connectivity index (χ3v) is 16.7. The Morgan fingerprint density at radius 3 is 2.33 bits per heavy atom. The molecule has 29 heteroatoms. The van der Waals surface area contributed by atoms with E-state index in [4.69, 9.17) is 14.2 Å². The van der Waals surface area contributed by atoms with Crippen molar-refractivity contribution in [3.63, 3.8) is 0 Å². The number of likely N-dealkylation sites (tertiary alicyclic amines) is 1. The lowest BCUT2D eigenvalue weighted by atomic mass is 9.98. The maximum Gasteiger partial charge on any atom is 0.508 e. The third-order valence-electron chi connectivity index (χ3n) is 12.9. The molecule has 0 aliphatic carbocycles. The standard InChI is InChI=1S/C56H50F4N10O12S3/c1-31(53(74)70-30-56(59,60)23-38(70)24-61)67-51(73)41-14-16-63-45-19-32(3-8-40(41)45)25-65-49(71)11-12-50(72)68-47(54(75)76)29-84-83-18-17-81-55(77)82-28-37-7-4-34(26-64-37)39-13-15-62-44-9-5-33(20-42(39)44)35-21-46(52(80-2)66-27-35)69-85(78,79)48-10-6-36(57)22-43(48)58/h3-10,13-16,19-22,26-27,31,38,47,69H,11-12,17-18,23,25,28-30H2,1-2H3,(H,65,71)(H,67,73)(H,68,72)(H,75,76). The average molecular weight is 1230 g/mol. The second-order valence-electron chi connectivity index (χ2n) is 18.9. The number of amides is 4. The van der Waals surface area contributed by atoms with Crippen LogP contribution < -0.4 is 25.4 Å². The van der Waals surface area contributed by atoms with Crippen molar-refractivity contribution in [2.45, 2.75) is 68.3 Å². The molecule has 1 fully saturated rings. The van der Waals surface area contributed by atoms with Gasteiger partial charge in [0.05, 0.1) is 42.0 Å². The van der Waals surface area contributed by atoms with Gasteiger partial charge in [0.1, 0.15) is 53.6 Å². The van der Waals surface area contributed by atoms with Gasteiger partial charge in [-0.05, 0) is 78.2 Å². The van der Waals surface area contributed by atoms with Crippen LogP contribution in [-0.4, -0.2) is 130 Å². The average Bonchev–Trinajstić information content (AvgIpc) is 2.83. The van der Waals surface area contributed by atoms with Crippen LogP contribution in [-0.2, 0) is 51.8 Å². The molecule has 5 N–H and O–H groups in total. The van der Waals surface area contributed by atoms with E-state index in [-0.39, 0.29) is 61.2 Å². The Morgan fingerprint density at radius 2 is 1.59 bits per heavy atom. The summed E-state index contributed by atoms with van der Waals surface area (Å²) in [7, 11) is -0.954. The van der Waals surface area contributed by atoms with Crippen LogP contribution in [0.5, 0.6) is 5.88 Å². The summed E-state index contributed by atoms with van der Waals surface area (Å²) in [6.45, 7) is 0.106. The zero-order valence-electron chi connectivity index (χ0n) is 44.8. The maximum atomic E-state index is 14.5. The molecule has 442 valence electrons. The van der Waals surface area contributed by atoms with Gasteiger partial charge in [0, 0.05) is 90.1 Å². The third kappa shape index (κ3) is 15.9. The second kappa shape index (κ2) is 27.5. The number of carbonyl (C=O) groups excluding carboxylic acids is 5. The number of aliphatic carboxylic acids is 1. The van der Waals surface area contributed by atoms with Crippen LogP contribution in [0.4, 0.5) is 28.0 Å². The van der Waals surface area contributed by atoms with Gasteiger partial charge in [-0.25, -0.2) is 40.6 Å². The number of fused-ring (bicyclic) bond motifs is 2. The van der Waals surface area contributed by atoms with Gasteiger partial charge in [-0.3, -0.25) is 38.9 Å². The van der Waals surface area contributed by atoms with Crippen LogP contribution in [0.1, 0.15) is 47.8 Å². The Kier molecular flexibility index (Phi) is 20.0. The van der Waals surface area contributed by atoms with Crippen LogP contribution in [0.15, 0.2) is 115 Å². The number of nitrogens with one attached hydrogen (secondary N) is 4. The molecule has 0 bridgehead atoms. The topological polar surface area (TPSA) is 311 Å². The van der Waals surface area contributed by atoms with Gasteiger partial charge < -0.3 is 40.2 Å². The predicted molar refractivity (Wildman–Crippen MR) is 303 cm³/mol. The molecule has 0 saturated carbocycles. The number of benzene rings is 3. The van der Waals surface area contributed by atoms with Crippen molar-refractivity contribution in [1.82, 2.24) is 40.8 Å². The van der Waals surface area contributed by atoms with E-state index in [1.165, 1.54) is 49.4 Å². The number of ether oxygens (including phenoxy) is 3. The highest BCUT2D eigenvalue weighted by atomic mass is 33.1. The number of nitriles is 1. The molecule has 0 radical (unpaired) electrons. The highest BCUT2D eigenvalue weighted by Crippen LogP contribution is 2.36. The molecule has 3 atom stereocenters. The van der Waals surface area contributed by atoms with Gasteiger partial charge in [0.2, 0.25) is 23.6 Å². The minimum absolute atomic E-state index is 0.0145. The van der Waals surface area contributed by atoms with Gasteiger partial charge in [0.15, 0.2) is 0 Å². The molecular formula is C56H50F4N10O12S3. The first kappa shape index (κ1) is 61.9. The number of alkyl halides is 2. The number of carboxylic acid groups (broad SMARTS) is 1. The first-order valence-corrected chi connectivity index (χ1v) is 29.5. The molecular weight excluding hydrogens is 1180 g/mol. The molecule has 3 unspecified atom stereocenters. The zero-order valence-corrected chi connectivity index (χ0v) is 47.3. The van der Waals surface area contributed by atoms with Crippen LogP contribution in [0.3, 0.4) is 0 Å². The number of sulfonamides is 1. The van der Waals surface area contributed by atoms with Crippen LogP contribution in [0.2, 0.25) is 0 Å². The zero-order chi connectivity index (χ0) is 61.0. The number of pyridine rings is 4. The molecule has 4 amide bonds. The largest absolute Gasteiger partial charge is 0.508 e. The molecule has 22 nitrogen and oxygen atoms in total. The number of anilines is 1. The second-order valence-corrected chi connectivity index (χ2v) is 23.2. The Hall–Kier alpha value is -9.14. The van der Waals surface area contributed by atoms with Crippen LogP contribution in [0, 0.1) is 23.0 Å². The molecule has 0 spiro atoms. The van der Waals surface area contributed by atoms with Gasteiger partial charge >= 0.3 is 12.1 Å². The van der Waals surface area contributed by atoms with Crippen molar-refractivity contribution in [2.75, 3.05) is 36.5 Å². The lowest BCUT2D eigenvalue weighted by Gasteiger charge is -2.23. The number of rotatable bonds is 24. The number of nitrogens with zero attached hydrogens (tertiary/aromatic N) is 6. The van der Waals surface area contributed by atoms with E-state index in [1.807, 2.05) is 6.07 Å². The van der Waals surface area contributed by atoms with Crippen LogP contribution in [0.25, 0.3) is 44.1 Å². The summed E-state index contributed by atoms with van der Waals surface area (Å²) in [6.07, 6.45) is 3.67. The molecule has 1 saturated heterocycles. The first-order chi connectivity index (χ1) is 40.6. The number of hydrogen-bond donors (Lipinski definition) is 5. The Bertz CT molecular complexity index is 3860. The molecule has 3 aromatic carbocycles. The van der Waals surface area contributed by atoms with E-state index in [1.54, 1.807) is 67.0 Å². The van der Waals surface area contributed by atoms with Gasteiger partial charge in [-0.15, -0.1) is 0 Å². The first-order valence-electron chi connectivity index (χ1n) is 25.6. The summed E-state index contributed by atoms with van der Waals surface area (Å²) in [4.78, 5) is 93.2. The van der Waals surface area contributed by atoms with Gasteiger partial charge in [-0.2, -0.15) is 5.26 Å². The number of carboxylic acids is 1. The molecule has 7 aromatic rings. The summed E-state index contributed by atoms with van der Waals surface area (Å²) in [5.41, 5.74) is 4.49. The monoisotopic (exact) mass is 1230 g/mol. The van der Waals surface area contributed by atoms with Crippen molar-refractivity contribution in [3.05, 3.63) is 138 Å². The molecule has 8 rings (SSSR count). The Balaban J connectivity index is 0.734. The summed E-state index contributed by atoms with van der Waals surface area (Å²) in [5, 5.41) is 27.7. The summed E-state index contributed by atoms with van der Waals surface area (Å²) < 4.78 is 100. The quantitative estimate of drug-likeness (QED) is 0.0168. The van der Waals surface area contributed by atoms with Crippen molar-refractivity contribution >= 4 is 94.9 Å². The van der Waals surface area contributed by atoms with Gasteiger partial charge in [-0.1, -0.05) is 45.9 Å². The SMILES string of the molecule is COc1ncc(-c2ccc3nccc(-c4ccc(COC(=O)OCCSSCC(NC(=O)CCC(=O)NCc5ccc6c(C(=O)NC(C)C(=O)N7CC(F)(F)CC7C#N)ccnc6c5)C(=O)O)nc4)c3c2)cc1NS(=O)(=O)c1ccc(F)cc1F. The predicted octanol–water partition coefficient (Wildman–Crippen LogP) is 7.57. The Morgan fingerprint density at radius 1 is 0.835 bits per heavy atom. The summed E-state index contributed by atoms with van der Waals surface area (Å²) in [6, 6.07) is 18.2. The van der Waals surface area contributed by atoms with E-state index in [2.05, 4.69) is 40.6 Å². The lowest BCUT2D eigenvalue weighted by Crippen LogP contribution is -2.48. The number of methoxy groups -OCH3 is 1. The minimum Gasteiger partial charge on any atom is -0.480 e. The normalized spacial score (nSPS) is 14.4. The summed E-state index contributed by atoms with van der Waals surface area (Å²) >= 11 is 0. The highest BCUT2D eigenvalue weighted by molar-refractivity contribution is 8.76. The number of hydrogen-bond acceptors (Lipinski definition) is 18. The fraction of sp³-hybridized carbons (Fsp3) is 0.268.